The number of furan rings is 1. The molecular weight excluding hydrogens is 372 g/mol. The summed E-state index contributed by atoms with van der Waals surface area (Å²) < 4.78 is 7.91. The van der Waals surface area contributed by atoms with Crippen LogP contribution in [-0.2, 0) is 0 Å². The van der Waals surface area contributed by atoms with Crippen molar-refractivity contribution in [3.8, 4) is 17.1 Å². The Kier molecular flexibility index (Phi) is 4.58. The lowest BCUT2D eigenvalue weighted by atomic mass is 10.1. The zero-order valence-corrected chi connectivity index (χ0v) is 16.1. The molecule has 0 atom stereocenters. The van der Waals surface area contributed by atoms with Crippen LogP contribution in [0.5, 0.6) is 0 Å². The van der Waals surface area contributed by atoms with Gasteiger partial charge in [-0.1, -0.05) is 66.7 Å². The molecule has 0 amide bonds. The molecule has 0 spiro atoms. The van der Waals surface area contributed by atoms with Crippen LogP contribution in [0.1, 0.15) is 16.1 Å². The van der Waals surface area contributed by atoms with Crippen LogP contribution < -0.4 is 0 Å². The molecule has 0 aliphatic heterocycles. The van der Waals surface area contributed by atoms with Crippen molar-refractivity contribution in [3.63, 3.8) is 0 Å². The van der Waals surface area contributed by atoms with E-state index in [2.05, 4.69) is 0 Å². The molecule has 0 saturated heterocycles. The van der Waals surface area contributed by atoms with Gasteiger partial charge in [-0.25, -0.2) is 4.68 Å². The van der Waals surface area contributed by atoms with Crippen LogP contribution in [0.15, 0.2) is 108 Å². The number of fused-ring (bicyclic) bond motifs is 1. The Morgan fingerprint density at radius 2 is 1.53 bits per heavy atom. The second kappa shape index (κ2) is 7.68. The first kappa shape index (κ1) is 17.9. The zero-order valence-electron chi connectivity index (χ0n) is 16.1. The van der Waals surface area contributed by atoms with Gasteiger partial charge in [-0.2, -0.15) is 5.10 Å². The van der Waals surface area contributed by atoms with E-state index in [-0.39, 0.29) is 5.78 Å². The van der Waals surface area contributed by atoms with Crippen molar-refractivity contribution in [2.75, 3.05) is 0 Å². The number of benzene rings is 3. The van der Waals surface area contributed by atoms with Crippen molar-refractivity contribution in [2.45, 2.75) is 0 Å². The molecule has 3 aromatic carbocycles. The van der Waals surface area contributed by atoms with E-state index in [9.17, 15) is 4.79 Å². The summed E-state index contributed by atoms with van der Waals surface area (Å²) in [4.78, 5) is 12.4. The minimum absolute atomic E-state index is 0.0600. The quantitative estimate of drug-likeness (QED) is 0.266. The topological polar surface area (TPSA) is 48.0 Å². The highest BCUT2D eigenvalue weighted by molar-refractivity contribution is 6.06. The van der Waals surface area contributed by atoms with E-state index >= 15 is 0 Å². The Labute approximate surface area is 173 Å². The number of aromatic nitrogens is 2. The van der Waals surface area contributed by atoms with E-state index in [1.807, 2.05) is 89.6 Å². The third-order valence-corrected chi connectivity index (χ3v) is 4.87. The largest absolute Gasteiger partial charge is 0.454 e. The molecule has 4 nitrogen and oxygen atoms in total. The third kappa shape index (κ3) is 3.47. The smallest absolute Gasteiger partial charge is 0.185 e. The molecule has 4 heteroatoms. The van der Waals surface area contributed by atoms with Crippen molar-refractivity contribution >= 4 is 22.8 Å². The maximum Gasteiger partial charge on any atom is 0.185 e. The van der Waals surface area contributed by atoms with Crippen molar-refractivity contribution in [2.24, 2.45) is 0 Å². The number of ketones is 1. The molecule has 0 fully saturated rings. The van der Waals surface area contributed by atoms with Gasteiger partial charge in [-0.3, -0.25) is 4.79 Å². The zero-order chi connectivity index (χ0) is 20.3. The van der Waals surface area contributed by atoms with Crippen LogP contribution in [-0.4, -0.2) is 15.6 Å². The Morgan fingerprint density at radius 3 is 2.30 bits per heavy atom. The Morgan fingerprint density at radius 1 is 0.833 bits per heavy atom. The van der Waals surface area contributed by atoms with Gasteiger partial charge in [0.2, 0.25) is 0 Å². The summed E-state index contributed by atoms with van der Waals surface area (Å²) in [6, 6.07) is 30.9. The van der Waals surface area contributed by atoms with Gasteiger partial charge < -0.3 is 4.42 Å². The third-order valence-electron chi connectivity index (χ3n) is 4.87. The fourth-order valence-corrected chi connectivity index (χ4v) is 3.39. The summed E-state index contributed by atoms with van der Waals surface area (Å²) in [7, 11) is 0. The van der Waals surface area contributed by atoms with Crippen LogP contribution in [0, 0.1) is 0 Å². The fourth-order valence-electron chi connectivity index (χ4n) is 3.39. The molecule has 5 rings (SSSR count). The highest BCUT2D eigenvalue weighted by Crippen LogP contribution is 2.30. The molecule has 0 unspecified atom stereocenters. The SMILES string of the molecule is O=C(/C=C/c1cc(-c2cc3ccccc3o2)n(-c2ccccc2)n1)c1ccccc1. The van der Waals surface area contributed by atoms with Gasteiger partial charge in [-0.05, 0) is 42.5 Å². The van der Waals surface area contributed by atoms with Crippen LogP contribution >= 0.6 is 0 Å². The Hall–Kier alpha value is -4.18. The lowest BCUT2D eigenvalue weighted by molar-refractivity contribution is 0.104. The van der Waals surface area contributed by atoms with Gasteiger partial charge in [0.05, 0.1) is 11.4 Å². The van der Waals surface area contributed by atoms with E-state index in [4.69, 9.17) is 9.52 Å². The molecule has 2 aromatic heterocycles. The Bertz CT molecular complexity index is 1310. The first-order valence-corrected chi connectivity index (χ1v) is 9.70. The molecule has 30 heavy (non-hydrogen) atoms. The first-order valence-electron chi connectivity index (χ1n) is 9.70. The minimum atomic E-state index is -0.0600. The van der Waals surface area contributed by atoms with E-state index < -0.39 is 0 Å². The second-order valence-corrected chi connectivity index (χ2v) is 6.91. The molecular formula is C26H18N2O2. The second-order valence-electron chi connectivity index (χ2n) is 6.91. The summed E-state index contributed by atoms with van der Waals surface area (Å²) in [6.07, 6.45) is 3.29. The number of para-hydroxylation sites is 2. The van der Waals surface area contributed by atoms with E-state index in [0.717, 1.165) is 28.1 Å². The van der Waals surface area contributed by atoms with Gasteiger partial charge in [0, 0.05) is 10.9 Å². The lowest BCUT2D eigenvalue weighted by Crippen LogP contribution is -1.98. The lowest BCUT2D eigenvalue weighted by Gasteiger charge is -2.04. The number of hydrogen-bond acceptors (Lipinski definition) is 3. The normalized spacial score (nSPS) is 11.3. The van der Waals surface area contributed by atoms with E-state index in [0.29, 0.717) is 11.3 Å². The number of carbonyl (C=O) groups excluding carboxylic acids is 1. The minimum Gasteiger partial charge on any atom is -0.454 e. The van der Waals surface area contributed by atoms with Gasteiger partial charge in [0.1, 0.15) is 11.3 Å². The molecule has 2 heterocycles. The molecule has 0 aliphatic rings. The summed E-state index contributed by atoms with van der Waals surface area (Å²) in [5.74, 6) is 0.664. The van der Waals surface area contributed by atoms with Crippen LogP contribution in [0.3, 0.4) is 0 Å². The van der Waals surface area contributed by atoms with Gasteiger partial charge in [0.25, 0.3) is 0 Å². The fraction of sp³-hybridized carbons (Fsp3) is 0. The highest BCUT2D eigenvalue weighted by Gasteiger charge is 2.15. The van der Waals surface area contributed by atoms with Crippen molar-refractivity contribution in [3.05, 3.63) is 114 Å². The van der Waals surface area contributed by atoms with Crippen molar-refractivity contribution < 1.29 is 9.21 Å². The summed E-state index contributed by atoms with van der Waals surface area (Å²) >= 11 is 0. The predicted octanol–water partition coefficient (Wildman–Crippen LogP) is 6.18. The molecule has 0 radical (unpaired) electrons. The van der Waals surface area contributed by atoms with Crippen LogP contribution in [0.2, 0.25) is 0 Å². The van der Waals surface area contributed by atoms with Gasteiger partial charge in [0.15, 0.2) is 11.5 Å². The average Bonchev–Trinajstić information content (AvgIpc) is 3.43. The monoisotopic (exact) mass is 390 g/mol. The van der Waals surface area contributed by atoms with Gasteiger partial charge in [-0.15, -0.1) is 0 Å². The number of nitrogens with zero attached hydrogens (tertiary/aromatic N) is 2. The predicted molar refractivity (Wildman–Crippen MR) is 119 cm³/mol. The van der Waals surface area contributed by atoms with Crippen LogP contribution in [0.4, 0.5) is 0 Å². The maximum atomic E-state index is 12.4. The van der Waals surface area contributed by atoms with E-state index in [1.54, 1.807) is 24.3 Å². The molecule has 144 valence electrons. The Balaban J connectivity index is 1.57. The summed E-state index contributed by atoms with van der Waals surface area (Å²) in [5, 5.41) is 5.74. The molecule has 0 bridgehead atoms. The molecule has 0 N–H and O–H groups in total. The standard InChI is InChI=1S/C26H18N2O2/c29-24(19-9-3-1-4-10-19)16-15-21-18-23(28(27-21)22-12-5-2-6-13-22)26-17-20-11-7-8-14-25(20)30-26/h1-18H/b16-15+. The van der Waals surface area contributed by atoms with Crippen LogP contribution in [0.25, 0.3) is 34.2 Å². The van der Waals surface area contributed by atoms with Gasteiger partial charge >= 0.3 is 0 Å². The van der Waals surface area contributed by atoms with Crippen molar-refractivity contribution in [1.29, 1.82) is 0 Å². The molecule has 0 aliphatic carbocycles. The number of hydrogen-bond donors (Lipinski definition) is 0. The number of carbonyl (C=O) groups is 1. The van der Waals surface area contributed by atoms with E-state index in [1.165, 1.54) is 0 Å². The molecule has 5 aromatic rings. The maximum absolute atomic E-state index is 12.4. The average molecular weight is 390 g/mol. The highest BCUT2D eigenvalue weighted by atomic mass is 16.3. The first-order chi connectivity index (χ1) is 14.8. The number of rotatable bonds is 5. The molecule has 0 saturated carbocycles. The number of allylic oxidation sites excluding steroid dienone is 1. The summed E-state index contributed by atoms with van der Waals surface area (Å²) in [6.45, 7) is 0. The van der Waals surface area contributed by atoms with Crippen molar-refractivity contribution in [1.82, 2.24) is 9.78 Å². The summed E-state index contributed by atoms with van der Waals surface area (Å²) in [5.41, 5.74) is 3.89.